The van der Waals surface area contributed by atoms with E-state index in [1.54, 1.807) is 0 Å². The van der Waals surface area contributed by atoms with Crippen molar-refractivity contribution in [2.75, 3.05) is 0 Å². The van der Waals surface area contributed by atoms with Crippen LogP contribution in [-0.4, -0.2) is 4.57 Å². The van der Waals surface area contributed by atoms with Crippen molar-refractivity contribution < 1.29 is 0 Å². The fourth-order valence-electron chi connectivity index (χ4n) is 6.19. The molecule has 7 aromatic rings. The van der Waals surface area contributed by atoms with Gasteiger partial charge in [0.1, 0.15) is 0 Å². The van der Waals surface area contributed by atoms with Crippen LogP contribution in [0.1, 0.15) is 29.5 Å². The molecule has 7 rings (SSSR count). The lowest BCUT2D eigenvalue weighted by Gasteiger charge is -2.19. The smallest absolute Gasteiger partial charge is 0.0541 e. The van der Waals surface area contributed by atoms with Crippen LogP contribution in [0.2, 0.25) is 0 Å². The number of rotatable bonds is 5. The second-order valence-corrected chi connectivity index (χ2v) is 10.7. The van der Waals surface area contributed by atoms with Crippen LogP contribution in [0.4, 0.5) is 0 Å². The zero-order valence-electron chi connectivity index (χ0n) is 22.9. The summed E-state index contributed by atoms with van der Waals surface area (Å²) in [4.78, 5) is 0. The molecule has 0 radical (unpaired) electrons. The predicted molar refractivity (Wildman–Crippen MR) is 170 cm³/mol. The molecule has 1 aromatic heterocycles. The third kappa shape index (κ3) is 4.12. The molecule has 0 bridgehead atoms. The van der Waals surface area contributed by atoms with Gasteiger partial charge in [0.25, 0.3) is 0 Å². The predicted octanol–water partition coefficient (Wildman–Crippen LogP) is 10.6. The molecule has 40 heavy (non-hydrogen) atoms. The van der Waals surface area contributed by atoms with Gasteiger partial charge in [0, 0.05) is 22.4 Å². The van der Waals surface area contributed by atoms with Crippen molar-refractivity contribution in [1.29, 1.82) is 0 Å². The average Bonchev–Trinajstić information content (AvgIpc) is 3.36. The standard InChI is InChI=1S/C39H31N/c1-27-13-3-4-18-33(27)35-20-6-5-19-34(35)28(2)29-14-11-15-30(25-29)31-16-12-17-32(26-31)40-38-23-9-7-21-36(38)37-22-8-10-24-39(37)40/h3-26,28H,1-2H3. The SMILES string of the molecule is Cc1ccccc1-c1ccccc1C(C)c1cccc(-c2cccc(-n3c4ccccc4c4ccccc43)c2)c1. The van der Waals surface area contributed by atoms with E-state index in [0.717, 1.165) is 0 Å². The summed E-state index contributed by atoms with van der Waals surface area (Å²) in [7, 11) is 0. The molecule has 0 N–H and O–H groups in total. The fourth-order valence-corrected chi connectivity index (χ4v) is 6.19. The third-order valence-electron chi connectivity index (χ3n) is 8.27. The van der Waals surface area contributed by atoms with Crippen molar-refractivity contribution in [3.63, 3.8) is 0 Å². The minimum Gasteiger partial charge on any atom is -0.309 e. The number of aryl methyl sites for hydroxylation is 1. The quantitative estimate of drug-likeness (QED) is 0.216. The number of hydrogen-bond acceptors (Lipinski definition) is 0. The Bertz CT molecular complexity index is 1940. The van der Waals surface area contributed by atoms with E-state index in [-0.39, 0.29) is 5.92 Å². The highest BCUT2D eigenvalue weighted by atomic mass is 15.0. The van der Waals surface area contributed by atoms with Crippen molar-refractivity contribution in [2.24, 2.45) is 0 Å². The molecule has 1 heterocycles. The normalized spacial score (nSPS) is 12.2. The molecular weight excluding hydrogens is 482 g/mol. The summed E-state index contributed by atoms with van der Waals surface area (Å²) in [6.07, 6.45) is 0. The van der Waals surface area contributed by atoms with Gasteiger partial charge in [-0.3, -0.25) is 0 Å². The minimum atomic E-state index is 0.260. The van der Waals surface area contributed by atoms with Crippen LogP contribution in [0, 0.1) is 6.92 Å². The van der Waals surface area contributed by atoms with Crippen LogP contribution in [0.5, 0.6) is 0 Å². The first kappa shape index (κ1) is 24.2. The Morgan fingerprint density at radius 3 is 1.80 bits per heavy atom. The molecular formula is C39H31N. The van der Waals surface area contributed by atoms with Crippen LogP contribution >= 0.6 is 0 Å². The lowest BCUT2D eigenvalue weighted by atomic mass is 9.85. The Hall–Kier alpha value is -4.88. The first-order chi connectivity index (χ1) is 19.7. The van der Waals surface area contributed by atoms with Crippen LogP contribution in [0.3, 0.4) is 0 Å². The molecule has 1 heteroatoms. The summed E-state index contributed by atoms with van der Waals surface area (Å²) in [6.45, 7) is 4.52. The van der Waals surface area contributed by atoms with Gasteiger partial charge >= 0.3 is 0 Å². The van der Waals surface area contributed by atoms with Crippen molar-refractivity contribution in [3.8, 4) is 27.9 Å². The maximum atomic E-state index is 2.39. The Balaban J connectivity index is 1.30. The zero-order chi connectivity index (χ0) is 27.1. The maximum Gasteiger partial charge on any atom is 0.0541 e. The van der Waals surface area contributed by atoms with E-state index < -0.39 is 0 Å². The summed E-state index contributed by atoms with van der Waals surface area (Å²) in [5, 5.41) is 2.57. The molecule has 0 amide bonds. The molecule has 0 aliphatic carbocycles. The molecule has 0 aliphatic rings. The number of fused-ring (bicyclic) bond motifs is 3. The Kier molecular flexibility index (Phi) is 6.06. The van der Waals surface area contributed by atoms with Gasteiger partial charge in [0.15, 0.2) is 0 Å². The molecule has 0 spiro atoms. The van der Waals surface area contributed by atoms with Gasteiger partial charge in [-0.25, -0.2) is 0 Å². The van der Waals surface area contributed by atoms with Gasteiger partial charge in [-0.05, 0) is 70.1 Å². The van der Waals surface area contributed by atoms with Gasteiger partial charge in [-0.15, -0.1) is 0 Å². The van der Waals surface area contributed by atoms with E-state index in [0.29, 0.717) is 0 Å². The maximum absolute atomic E-state index is 2.39. The molecule has 0 aliphatic heterocycles. The summed E-state index contributed by atoms with van der Waals surface area (Å²) in [5.74, 6) is 0.260. The van der Waals surface area contributed by atoms with Crippen LogP contribution in [-0.2, 0) is 0 Å². The summed E-state index contributed by atoms with van der Waals surface area (Å²) in [5.41, 5.74) is 12.7. The lowest BCUT2D eigenvalue weighted by Crippen LogP contribution is -2.00. The van der Waals surface area contributed by atoms with E-state index >= 15 is 0 Å². The molecule has 192 valence electrons. The van der Waals surface area contributed by atoms with Gasteiger partial charge < -0.3 is 4.57 Å². The number of hydrogen-bond donors (Lipinski definition) is 0. The van der Waals surface area contributed by atoms with Crippen molar-refractivity contribution in [3.05, 3.63) is 162 Å². The monoisotopic (exact) mass is 513 g/mol. The molecule has 1 unspecified atom stereocenters. The first-order valence-corrected chi connectivity index (χ1v) is 14.0. The Morgan fingerprint density at radius 1 is 0.500 bits per heavy atom. The highest BCUT2D eigenvalue weighted by molar-refractivity contribution is 6.09. The van der Waals surface area contributed by atoms with E-state index in [2.05, 4.69) is 164 Å². The second kappa shape index (κ2) is 10.0. The third-order valence-corrected chi connectivity index (χ3v) is 8.27. The largest absolute Gasteiger partial charge is 0.309 e. The van der Waals surface area contributed by atoms with E-state index in [1.165, 1.54) is 66.4 Å². The average molecular weight is 514 g/mol. The van der Waals surface area contributed by atoms with Gasteiger partial charge in [0.2, 0.25) is 0 Å². The Labute approximate surface area is 236 Å². The number of aromatic nitrogens is 1. The van der Waals surface area contributed by atoms with Crippen LogP contribution < -0.4 is 0 Å². The minimum absolute atomic E-state index is 0.260. The lowest BCUT2D eigenvalue weighted by molar-refractivity contribution is 0.925. The van der Waals surface area contributed by atoms with Crippen molar-refractivity contribution in [2.45, 2.75) is 19.8 Å². The van der Waals surface area contributed by atoms with Crippen LogP contribution in [0.15, 0.2) is 146 Å². The summed E-state index contributed by atoms with van der Waals surface area (Å²) >= 11 is 0. The summed E-state index contributed by atoms with van der Waals surface area (Å²) < 4.78 is 2.39. The zero-order valence-corrected chi connectivity index (χ0v) is 22.9. The molecule has 1 nitrogen and oxygen atoms in total. The molecule has 0 saturated heterocycles. The Morgan fingerprint density at radius 2 is 1.07 bits per heavy atom. The van der Waals surface area contributed by atoms with Crippen molar-refractivity contribution in [1.82, 2.24) is 4.57 Å². The van der Waals surface area contributed by atoms with Gasteiger partial charge in [0.05, 0.1) is 11.0 Å². The van der Waals surface area contributed by atoms with Crippen molar-refractivity contribution >= 4 is 21.8 Å². The number of nitrogens with zero attached hydrogens (tertiary/aromatic N) is 1. The molecule has 0 fully saturated rings. The molecule has 0 saturated carbocycles. The highest BCUT2D eigenvalue weighted by Gasteiger charge is 2.16. The summed E-state index contributed by atoms with van der Waals surface area (Å²) in [6, 6.07) is 52.9. The number of para-hydroxylation sites is 2. The second-order valence-electron chi connectivity index (χ2n) is 10.7. The van der Waals surface area contributed by atoms with Gasteiger partial charge in [-0.2, -0.15) is 0 Å². The first-order valence-electron chi connectivity index (χ1n) is 14.0. The van der Waals surface area contributed by atoms with E-state index in [1.807, 2.05) is 0 Å². The molecule has 6 aromatic carbocycles. The van der Waals surface area contributed by atoms with Crippen LogP contribution in [0.25, 0.3) is 49.7 Å². The number of benzene rings is 6. The fraction of sp³-hybridized carbons (Fsp3) is 0.0769. The van der Waals surface area contributed by atoms with E-state index in [4.69, 9.17) is 0 Å². The van der Waals surface area contributed by atoms with Gasteiger partial charge in [-0.1, -0.05) is 128 Å². The molecule has 1 atom stereocenters. The van der Waals surface area contributed by atoms with E-state index in [9.17, 15) is 0 Å². The topological polar surface area (TPSA) is 4.93 Å². The highest BCUT2D eigenvalue weighted by Crippen LogP contribution is 2.37.